The third-order valence-corrected chi connectivity index (χ3v) is 3.64. The normalized spacial score (nSPS) is 13.1. The van der Waals surface area contributed by atoms with Gasteiger partial charge in [-0.15, -0.1) is 0 Å². The first-order valence-electron chi connectivity index (χ1n) is 7.18. The van der Waals surface area contributed by atoms with E-state index in [2.05, 4.69) is 34.6 Å². The Hall–Kier alpha value is -2.39. The molecule has 0 amide bonds. The molecule has 1 aliphatic rings. The number of aromatic nitrogens is 1. The maximum Gasteiger partial charge on any atom is 0.248 e. The fourth-order valence-corrected chi connectivity index (χ4v) is 2.52. The Bertz CT molecular complexity index is 767. The molecule has 0 atom stereocenters. The molecule has 0 bridgehead atoms. The number of H-pyrrole nitrogens is 1. The smallest absolute Gasteiger partial charge is 0.248 e. The number of pyridine rings is 1. The van der Waals surface area contributed by atoms with E-state index in [1.165, 1.54) is 23.6 Å². The summed E-state index contributed by atoms with van der Waals surface area (Å²) in [7, 11) is 0. The second kappa shape index (κ2) is 6.37. The van der Waals surface area contributed by atoms with Crippen LogP contribution in [0.4, 0.5) is 0 Å². The van der Waals surface area contributed by atoms with Crippen molar-refractivity contribution in [2.75, 3.05) is 6.54 Å². The molecule has 1 aromatic heterocycles. The van der Waals surface area contributed by atoms with Crippen LogP contribution in [0.5, 0.6) is 0 Å². The number of nitrogens with one attached hydrogen (secondary N) is 2. The van der Waals surface area contributed by atoms with Crippen molar-refractivity contribution in [1.29, 1.82) is 0 Å². The van der Waals surface area contributed by atoms with Crippen LogP contribution < -0.4 is 10.9 Å². The summed E-state index contributed by atoms with van der Waals surface area (Å²) >= 11 is 0. The Morgan fingerprint density at radius 1 is 0.810 bits per heavy atom. The van der Waals surface area contributed by atoms with Crippen LogP contribution in [-0.4, -0.2) is 11.5 Å². The standard InChI is InChI=1S/C9H7NO.C9H11N/c11-9-6-5-7-3-1-2-4-8(7)10-9;1-2-4-9-7-10-6-5-8(9)3-1/h1-6H,(H,10,11);1-4,10H,5-7H2. The SMILES string of the molecule is O=c1ccc2ccccc2[nH]1.c1ccc2c(c1)CCNC2. The van der Waals surface area contributed by atoms with Crippen LogP contribution in [0, 0.1) is 0 Å². The Morgan fingerprint density at radius 2 is 1.57 bits per heavy atom. The largest absolute Gasteiger partial charge is 0.322 e. The van der Waals surface area contributed by atoms with Crippen molar-refractivity contribution in [3.05, 3.63) is 82.1 Å². The summed E-state index contributed by atoms with van der Waals surface area (Å²) in [6, 6.07) is 19.7. The van der Waals surface area contributed by atoms with E-state index < -0.39 is 0 Å². The van der Waals surface area contributed by atoms with Gasteiger partial charge in [0.25, 0.3) is 0 Å². The molecular weight excluding hydrogens is 260 g/mol. The van der Waals surface area contributed by atoms with Crippen molar-refractivity contribution in [3.63, 3.8) is 0 Å². The molecule has 2 N–H and O–H groups in total. The maximum atomic E-state index is 10.8. The summed E-state index contributed by atoms with van der Waals surface area (Å²) in [5.41, 5.74) is 3.82. The number of rotatable bonds is 0. The molecule has 0 saturated carbocycles. The van der Waals surface area contributed by atoms with E-state index in [1.807, 2.05) is 30.3 Å². The van der Waals surface area contributed by atoms with Crippen LogP contribution >= 0.6 is 0 Å². The van der Waals surface area contributed by atoms with Crippen LogP contribution in [0.15, 0.2) is 65.5 Å². The molecule has 2 aromatic carbocycles. The van der Waals surface area contributed by atoms with Crippen LogP contribution in [0.25, 0.3) is 10.9 Å². The average molecular weight is 278 g/mol. The Balaban J connectivity index is 0.000000126. The highest BCUT2D eigenvalue weighted by Gasteiger charge is 2.05. The van der Waals surface area contributed by atoms with Crippen LogP contribution in [0.3, 0.4) is 0 Å². The molecule has 0 fully saturated rings. The molecule has 3 nitrogen and oxygen atoms in total. The second-order valence-electron chi connectivity index (χ2n) is 5.11. The minimum atomic E-state index is -0.0521. The van der Waals surface area contributed by atoms with Crippen LogP contribution in [0.1, 0.15) is 11.1 Å². The molecule has 0 radical (unpaired) electrons. The van der Waals surface area contributed by atoms with Crippen molar-refractivity contribution < 1.29 is 0 Å². The zero-order valence-corrected chi connectivity index (χ0v) is 11.8. The van der Waals surface area contributed by atoms with E-state index in [1.54, 1.807) is 0 Å². The second-order valence-corrected chi connectivity index (χ2v) is 5.11. The highest BCUT2D eigenvalue weighted by Crippen LogP contribution is 2.11. The molecule has 0 spiro atoms. The van der Waals surface area contributed by atoms with Crippen molar-refractivity contribution in [2.45, 2.75) is 13.0 Å². The van der Waals surface area contributed by atoms with Crippen LogP contribution in [-0.2, 0) is 13.0 Å². The fraction of sp³-hybridized carbons (Fsp3) is 0.167. The predicted molar refractivity (Wildman–Crippen MR) is 86.4 cm³/mol. The molecule has 1 aliphatic heterocycles. The van der Waals surface area contributed by atoms with Crippen molar-refractivity contribution in [1.82, 2.24) is 10.3 Å². The molecule has 106 valence electrons. The van der Waals surface area contributed by atoms with Crippen LogP contribution in [0.2, 0.25) is 0 Å². The topological polar surface area (TPSA) is 44.9 Å². The molecular formula is C18H18N2O. The van der Waals surface area contributed by atoms with Gasteiger partial charge in [-0.1, -0.05) is 42.5 Å². The highest BCUT2D eigenvalue weighted by molar-refractivity contribution is 5.77. The summed E-state index contributed by atoms with van der Waals surface area (Å²) in [5.74, 6) is 0. The average Bonchev–Trinajstić information content (AvgIpc) is 2.55. The van der Waals surface area contributed by atoms with E-state index in [4.69, 9.17) is 0 Å². The van der Waals surface area contributed by atoms with Gasteiger partial charge < -0.3 is 10.3 Å². The lowest BCUT2D eigenvalue weighted by atomic mass is 10.0. The molecule has 0 saturated heterocycles. The van der Waals surface area contributed by atoms with E-state index in [0.29, 0.717) is 0 Å². The lowest BCUT2D eigenvalue weighted by Crippen LogP contribution is -2.23. The lowest BCUT2D eigenvalue weighted by molar-refractivity contribution is 0.644. The van der Waals surface area contributed by atoms with Crippen molar-refractivity contribution >= 4 is 10.9 Å². The van der Waals surface area contributed by atoms with Gasteiger partial charge in [0.05, 0.1) is 0 Å². The van der Waals surface area contributed by atoms with Crippen molar-refractivity contribution in [2.24, 2.45) is 0 Å². The minimum absolute atomic E-state index is 0.0521. The molecule has 0 unspecified atom stereocenters. The molecule has 3 heteroatoms. The fourth-order valence-electron chi connectivity index (χ4n) is 2.52. The third kappa shape index (κ3) is 3.38. The lowest BCUT2D eigenvalue weighted by Gasteiger charge is -2.15. The first-order chi connectivity index (χ1) is 10.3. The number of aromatic amines is 1. The quantitative estimate of drug-likeness (QED) is 0.664. The van der Waals surface area contributed by atoms with Gasteiger partial charge in [-0.3, -0.25) is 4.79 Å². The van der Waals surface area contributed by atoms with E-state index in [0.717, 1.165) is 24.0 Å². The number of para-hydroxylation sites is 1. The predicted octanol–water partition coefficient (Wildman–Crippen LogP) is 2.86. The highest BCUT2D eigenvalue weighted by atomic mass is 16.1. The zero-order chi connectivity index (χ0) is 14.5. The molecule has 4 rings (SSSR count). The molecule has 3 aromatic rings. The van der Waals surface area contributed by atoms with E-state index in [-0.39, 0.29) is 5.56 Å². The van der Waals surface area contributed by atoms with Gasteiger partial charge in [0.2, 0.25) is 5.56 Å². The molecule has 21 heavy (non-hydrogen) atoms. The third-order valence-electron chi connectivity index (χ3n) is 3.64. The maximum absolute atomic E-state index is 10.8. The zero-order valence-electron chi connectivity index (χ0n) is 11.8. The van der Waals surface area contributed by atoms with Gasteiger partial charge in [0, 0.05) is 18.1 Å². The number of hydrogen-bond acceptors (Lipinski definition) is 2. The summed E-state index contributed by atoms with van der Waals surface area (Å²) in [5, 5.41) is 4.40. The minimum Gasteiger partial charge on any atom is -0.322 e. The van der Waals surface area contributed by atoms with Gasteiger partial charge in [-0.25, -0.2) is 0 Å². The summed E-state index contributed by atoms with van der Waals surface area (Å²) in [6.45, 7) is 2.19. The van der Waals surface area contributed by atoms with Gasteiger partial charge >= 0.3 is 0 Å². The summed E-state index contributed by atoms with van der Waals surface area (Å²) < 4.78 is 0. The van der Waals surface area contributed by atoms with E-state index >= 15 is 0 Å². The Kier molecular flexibility index (Phi) is 4.12. The van der Waals surface area contributed by atoms with E-state index in [9.17, 15) is 4.79 Å². The van der Waals surface area contributed by atoms with Gasteiger partial charge in [-0.2, -0.15) is 0 Å². The molecule has 0 aliphatic carbocycles. The first kappa shape index (κ1) is 13.6. The van der Waals surface area contributed by atoms with Gasteiger partial charge in [0.15, 0.2) is 0 Å². The first-order valence-corrected chi connectivity index (χ1v) is 7.18. The number of hydrogen-bond donors (Lipinski definition) is 2. The summed E-state index contributed by atoms with van der Waals surface area (Å²) in [4.78, 5) is 13.6. The monoisotopic (exact) mass is 278 g/mol. The summed E-state index contributed by atoms with van der Waals surface area (Å²) in [6.07, 6.45) is 1.19. The van der Waals surface area contributed by atoms with Gasteiger partial charge in [0.1, 0.15) is 0 Å². The number of fused-ring (bicyclic) bond motifs is 2. The van der Waals surface area contributed by atoms with Crippen molar-refractivity contribution in [3.8, 4) is 0 Å². The molecule has 2 heterocycles. The van der Waals surface area contributed by atoms with Gasteiger partial charge in [-0.05, 0) is 41.6 Å². The Morgan fingerprint density at radius 3 is 2.43 bits per heavy atom. The number of benzene rings is 2. The Labute approximate surface area is 123 Å².